The average molecular weight is 721 g/mol. The highest BCUT2D eigenvalue weighted by Gasteiger charge is 1.97. The van der Waals surface area contributed by atoms with E-state index in [1.165, 1.54) is 0 Å². The number of hydrogen-bond acceptors (Lipinski definition) is 16. The quantitative estimate of drug-likeness (QED) is 0.0820. The molecule has 0 bridgehead atoms. The molecule has 0 fully saturated rings. The van der Waals surface area contributed by atoms with Crippen molar-refractivity contribution in [3.05, 3.63) is 0 Å². The van der Waals surface area contributed by atoms with Crippen LogP contribution in [0.2, 0.25) is 0 Å². The molecule has 0 spiro atoms. The molecule has 16 nitrogen and oxygen atoms in total. The predicted octanol–water partition coefficient (Wildman–Crippen LogP) is 0.902. The zero-order valence-corrected chi connectivity index (χ0v) is 30.5. The second-order valence-corrected chi connectivity index (χ2v) is 9.76. The fourth-order valence-corrected chi connectivity index (χ4v) is 3.37. The standard InChI is InChI=1S/C33H68O16/c1-3-35-6-7-37-10-11-39-14-15-41-18-19-43-22-23-45-26-27-47-30-31-49-33-32-48-29-28-46-25-24-44-21-20-42-17-16-40-13-12-38-9-8-36-5-4-34-2/h3-33H2,1-2H3. The van der Waals surface area contributed by atoms with Crippen LogP contribution >= 0.6 is 0 Å². The molecular formula is C33H68O16. The lowest BCUT2D eigenvalue weighted by Gasteiger charge is -2.09. The van der Waals surface area contributed by atoms with E-state index in [1.807, 2.05) is 6.92 Å². The van der Waals surface area contributed by atoms with Gasteiger partial charge in [0.25, 0.3) is 0 Å². The second-order valence-electron chi connectivity index (χ2n) is 9.76. The van der Waals surface area contributed by atoms with Gasteiger partial charge in [0.15, 0.2) is 0 Å². The van der Waals surface area contributed by atoms with E-state index in [0.717, 1.165) is 0 Å². The third-order valence-electron chi connectivity index (χ3n) is 5.84. The SMILES string of the molecule is CCOCCOCCOCCOCCOCCOCCOCCOCCOCCOCCOCCOCCOCCOCCOCCOC. The maximum atomic E-state index is 5.49. The lowest BCUT2D eigenvalue weighted by molar-refractivity contribution is -0.0302. The first kappa shape index (κ1) is 48.4. The Hall–Kier alpha value is -0.640. The summed E-state index contributed by atoms with van der Waals surface area (Å²) in [4.78, 5) is 0. The van der Waals surface area contributed by atoms with Gasteiger partial charge >= 0.3 is 0 Å². The van der Waals surface area contributed by atoms with Crippen molar-refractivity contribution in [1.82, 2.24) is 0 Å². The van der Waals surface area contributed by atoms with Crippen molar-refractivity contribution in [2.24, 2.45) is 0 Å². The van der Waals surface area contributed by atoms with Crippen molar-refractivity contribution in [2.45, 2.75) is 6.92 Å². The van der Waals surface area contributed by atoms with Gasteiger partial charge in [-0.1, -0.05) is 0 Å². The lowest BCUT2D eigenvalue weighted by Crippen LogP contribution is -2.15. The van der Waals surface area contributed by atoms with E-state index in [0.29, 0.717) is 205 Å². The van der Waals surface area contributed by atoms with Gasteiger partial charge in [-0.2, -0.15) is 0 Å². The Balaban J connectivity index is 3.04. The van der Waals surface area contributed by atoms with Crippen LogP contribution < -0.4 is 0 Å². The van der Waals surface area contributed by atoms with E-state index in [1.54, 1.807) is 7.11 Å². The Morgan fingerprint density at radius 2 is 0.306 bits per heavy atom. The summed E-state index contributed by atoms with van der Waals surface area (Å²) < 4.78 is 86.3. The molecule has 0 radical (unpaired) electrons. The van der Waals surface area contributed by atoms with Gasteiger partial charge < -0.3 is 75.8 Å². The van der Waals surface area contributed by atoms with Crippen LogP contribution in [-0.4, -0.2) is 212 Å². The van der Waals surface area contributed by atoms with Gasteiger partial charge in [0.2, 0.25) is 0 Å². The topological polar surface area (TPSA) is 148 Å². The van der Waals surface area contributed by atoms with Gasteiger partial charge in [0.05, 0.1) is 198 Å². The number of methoxy groups -OCH3 is 1. The zero-order chi connectivity index (χ0) is 35.2. The Bertz CT molecular complexity index is 521. The highest BCUT2D eigenvalue weighted by molar-refractivity contribution is 4.40. The summed E-state index contributed by atoms with van der Waals surface area (Å²) in [7, 11) is 1.65. The molecule has 0 aliphatic rings. The molecule has 0 rings (SSSR count). The van der Waals surface area contributed by atoms with Crippen LogP contribution in [0.1, 0.15) is 6.92 Å². The molecule has 0 aromatic rings. The van der Waals surface area contributed by atoms with Crippen molar-refractivity contribution >= 4 is 0 Å². The van der Waals surface area contributed by atoms with E-state index in [-0.39, 0.29) is 0 Å². The van der Waals surface area contributed by atoms with E-state index < -0.39 is 0 Å². The third kappa shape index (κ3) is 47.4. The maximum absolute atomic E-state index is 5.49. The van der Waals surface area contributed by atoms with Crippen molar-refractivity contribution in [1.29, 1.82) is 0 Å². The minimum atomic E-state index is 0.505. The zero-order valence-electron chi connectivity index (χ0n) is 30.5. The molecular weight excluding hydrogens is 652 g/mol. The van der Waals surface area contributed by atoms with Gasteiger partial charge in [-0.3, -0.25) is 0 Å². The normalized spacial score (nSPS) is 11.6. The van der Waals surface area contributed by atoms with Crippen LogP contribution in [0.4, 0.5) is 0 Å². The summed E-state index contributed by atoms with van der Waals surface area (Å²) >= 11 is 0. The van der Waals surface area contributed by atoms with E-state index in [9.17, 15) is 0 Å². The Labute approximate surface area is 294 Å². The van der Waals surface area contributed by atoms with Crippen LogP contribution in [0.5, 0.6) is 0 Å². The van der Waals surface area contributed by atoms with Gasteiger partial charge in [-0.05, 0) is 6.92 Å². The van der Waals surface area contributed by atoms with Crippen molar-refractivity contribution in [2.75, 3.05) is 212 Å². The molecule has 0 aliphatic heterocycles. The number of ether oxygens (including phenoxy) is 16. The molecule has 49 heavy (non-hydrogen) atoms. The lowest BCUT2D eigenvalue weighted by atomic mass is 10.6. The highest BCUT2D eigenvalue weighted by atomic mass is 16.6. The molecule has 0 atom stereocenters. The molecule has 0 saturated heterocycles. The Kier molecular flexibility index (Phi) is 46.7. The van der Waals surface area contributed by atoms with Crippen LogP contribution in [0.25, 0.3) is 0 Å². The summed E-state index contributed by atoms with van der Waals surface area (Å²) in [5.74, 6) is 0. The van der Waals surface area contributed by atoms with Gasteiger partial charge in [0, 0.05) is 13.7 Å². The smallest absolute Gasteiger partial charge is 0.0701 e. The van der Waals surface area contributed by atoms with E-state index in [4.69, 9.17) is 75.8 Å². The maximum Gasteiger partial charge on any atom is 0.0701 e. The molecule has 0 saturated carbocycles. The van der Waals surface area contributed by atoms with Crippen molar-refractivity contribution < 1.29 is 75.8 Å². The first-order chi connectivity index (χ1) is 24.4. The fraction of sp³-hybridized carbons (Fsp3) is 1.00. The molecule has 296 valence electrons. The third-order valence-corrected chi connectivity index (χ3v) is 5.84. The van der Waals surface area contributed by atoms with Crippen LogP contribution in [0.3, 0.4) is 0 Å². The van der Waals surface area contributed by atoms with E-state index in [2.05, 4.69) is 0 Å². The minimum absolute atomic E-state index is 0.505. The largest absolute Gasteiger partial charge is 0.382 e. The highest BCUT2D eigenvalue weighted by Crippen LogP contribution is 1.88. The van der Waals surface area contributed by atoms with Crippen molar-refractivity contribution in [3.63, 3.8) is 0 Å². The molecule has 0 aromatic carbocycles. The first-order valence-electron chi connectivity index (χ1n) is 17.6. The number of hydrogen-bond donors (Lipinski definition) is 0. The van der Waals surface area contributed by atoms with E-state index >= 15 is 0 Å². The fourth-order valence-electron chi connectivity index (χ4n) is 3.37. The first-order valence-corrected chi connectivity index (χ1v) is 17.6. The predicted molar refractivity (Wildman–Crippen MR) is 180 cm³/mol. The number of rotatable bonds is 46. The molecule has 0 N–H and O–H groups in total. The molecule has 0 aliphatic carbocycles. The van der Waals surface area contributed by atoms with Crippen LogP contribution in [-0.2, 0) is 75.8 Å². The molecule has 0 heterocycles. The molecule has 16 heteroatoms. The minimum Gasteiger partial charge on any atom is -0.382 e. The van der Waals surface area contributed by atoms with Gasteiger partial charge in [-0.25, -0.2) is 0 Å². The molecule has 0 aromatic heterocycles. The molecule has 0 amide bonds. The second kappa shape index (κ2) is 47.4. The summed E-state index contributed by atoms with van der Waals surface area (Å²) in [5, 5.41) is 0. The van der Waals surface area contributed by atoms with Crippen molar-refractivity contribution in [3.8, 4) is 0 Å². The monoisotopic (exact) mass is 720 g/mol. The van der Waals surface area contributed by atoms with Crippen LogP contribution in [0.15, 0.2) is 0 Å². The van der Waals surface area contributed by atoms with Gasteiger partial charge in [-0.15, -0.1) is 0 Å². The van der Waals surface area contributed by atoms with Crippen LogP contribution in [0, 0.1) is 0 Å². The average Bonchev–Trinajstić information content (AvgIpc) is 3.11. The Morgan fingerprint density at radius 3 is 0.429 bits per heavy atom. The summed E-state index contributed by atoms with van der Waals surface area (Å²) in [5.41, 5.74) is 0. The Morgan fingerprint density at radius 1 is 0.184 bits per heavy atom. The molecule has 0 unspecified atom stereocenters. The van der Waals surface area contributed by atoms with Gasteiger partial charge in [0.1, 0.15) is 0 Å². The summed E-state index contributed by atoms with van der Waals surface area (Å²) in [6.45, 7) is 18.6. The summed E-state index contributed by atoms with van der Waals surface area (Å²) in [6.07, 6.45) is 0. The summed E-state index contributed by atoms with van der Waals surface area (Å²) in [6, 6.07) is 0.